The Morgan fingerprint density at radius 3 is 2.11 bits per heavy atom. The highest BCUT2D eigenvalue weighted by Gasteiger charge is 2.36. The largest absolute Gasteiger partial charge is 0.497 e. The first-order valence-corrected chi connectivity index (χ1v) is 10.6. The van der Waals surface area contributed by atoms with Crippen LogP contribution in [0.3, 0.4) is 0 Å². The summed E-state index contributed by atoms with van der Waals surface area (Å²) in [6.45, 7) is 3.75. The quantitative estimate of drug-likeness (QED) is 0.847. The van der Waals surface area contributed by atoms with Crippen molar-refractivity contribution in [2.24, 2.45) is 11.8 Å². The molecule has 0 unspecified atom stereocenters. The van der Waals surface area contributed by atoms with E-state index in [-0.39, 0.29) is 11.8 Å². The highest BCUT2D eigenvalue weighted by Crippen LogP contribution is 2.32. The summed E-state index contributed by atoms with van der Waals surface area (Å²) in [6.07, 6.45) is 6.13. The number of nitrogens with zero attached hydrogens (tertiary/aromatic N) is 2. The summed E-state index contributed by atoms with van der Waals surface area (Å²) in [6, 6.07) is 8.04. The van der Waals surface area contributed by atoms with E-state index in [9.17, 15) is 9.59 Å². The highest BCUT2D eigenvalue weighted by atomic mass is 16.5. The van der Waals surface area contributed by atoms with Gasteiger partial charge in [-0.1, -0.05) is 0 Å². The number of amides is 2. The number of rotatable bonds is 5. The molecule has 6 heteroatoms. The molecule has 3 aliphatic rings. The molecule has 2 amide bonds. The predicted molar refractivity (Wildman–Crippen MR) is 108 cm³/mol. The zero-order valence-corrected chi connectivity index (χ0v) is 16.7. The molecule has 28 heavy (non-hydrogen) atoms. The fourth-order valence-corrected chi connectivity index (χ4v) is 4.49. The minimum Gasteiger partial charge on any atom is -0.497 e. The number of likely N-dealkylation sites (tertiary alicyclic amines) is 2. The molecule has 0 spiro atoms. The minimum absolute atomic E-state index is 0.0786. The van der Waals surface area contributed by atoms with Crippen molar-refractivity contribution >= 4 is 17.5 Å². The second-order valence-corrected chi connectivity index (χ2v) is 8.36. The third kappa shape index (κ3) is 4.49. The second-order valence-electron chi connectivity index (χ2n) is 8.36. The molecule has 6 nitrogen and oxygen atoms in total. The number of carbonyl (C=O) groups excluding carboxylic acids is 2. The van der Waals surface area contributed by atoms with Crippen molar-refractivity contribution in [3.05, 3.63) is 24.3 Å². The third-order valence-corrected chi connectivity index (χ3v) is 6.48. The van der Waals surface area contributed by atoms with Crippen LogP contribution in [0, 0.1) is 11.8 Å². The molecule has 0 bridgehead atoms. The van der Waals surface area contributed by atoms with Gasteiger partial charge in [0.2, 0.25) is 11.8 Å². The first-order valence-electron chi connectivity index (χ1n) is 10.6. The second kappa shape index (κ2) is 8.52. The monoisotopic (exact) mass is 385 g/mol. The molecule has 1 N–H and O–H groups in total. The molecule has 2 aliphatic heterocycles. The molecule has 1 aromatic rings. The van der Waals surface area contributed by atoms with Crippen LogP contribution in [0.1, 0.15) is 38.5 Å². The van der Waals surface area contributed by atoms with Gasteiger partial charge in [-0.15, -0.1) is 0 Å². The third-order valence-electron chi connectivity index (χ3n) is 6.48. The average molecular weight is 386 g/mol. The van der Waals surface area contributed by atoms with Crippen LogP contribution < -0.4 is 10.1 Å². The molecule has 1 aliphatic carbocycles. The van der Waals surface area contributed by atoms with Gasteiger partial charge < -0.3 is 19.9 Å². The Morgan fingerprint density at radius 2 is 1.54 bits per heavy atom. The van der Waals surface area contributed by atoms with E-state index < -0.39 is 0 Å². The first kappa shape index (κ1) is 19.2. The Hall–Kier alpha value is -2.08. The lowest BCUT2D eigenvalue weighted by molar-refractivity contribution is -0.134. The molecule has 0 atom stereocenters. The lowest BCUT2D eigenvalue weighted by Gasteiger charge is -2.41. The van der Waals surface area contributed by atoms with Gasteiger partial charge in [0, 0.05) is 36.7 Å². The van der Waals surface area contributed by atoms with Gasteiger partial charge in [-0.3, -0.25) is 9.59 Å². The molecule has 0 aromatic heterocycles. The van der Waals surface area contributed by atoms with Crippen LogP contribution >= 0.6 is 0 Å². The zero-order valence-electron chi connectivity index (χ0n) is 16.7. The van der Waals surface area contributed by atoms with Crippen LogP contribution in [0.5, 0.6) is 5.75 Å². The molecular formula is C22H31N3O3. The summed E-state index contributed by atoms with van der Waals surface area (Å²) in [5.41, 5.74) is 0.820. The van der Waals surface area contributed by atoms with Crippen LogP contribution in [0.2, 0.25) is 0 Å². The molecule has 2 heterocycles. The normalized spacial score (nSPS) is 22.1. The van der Waals surface area contributed by atoms with Gasteiger partial charge >= 0.3 is 0 Å². The highest BCUT2D eigenvalue weighted by molar-refractivity contribution is 5.92. The van der Waals surface area contributed by atoms with Gasteiger partial charge in [-0.2, -0.15) is 0 Å². The summed E-state index contributed by atoms with van der Waals surface area (Å²) in [5.74, 6) is 1.70. The van der Waals surface area contributed by atoms with Gasteiger partial charge in [0.15, 0.2) is 0 Å². The first-order chi connectivity index (χ1) is 13.6. The topological polar surface area (TPSA) is 61.9 Å². The zero-order chi connectivity index (χ0) is 19.5. The van der Waals surface area contributed by atoms with Crippen LogP contribution in [0.15, 0.2) is 24.3 Å². The fourth-order valence-electron chi connectivity index (χ4n) is 4.49. The number of hydrogen-bond acceptors (Lipinski definition) is 4. The standard InChI is InChI=1S/C22H31N3O3/c1-28-20-6-4-18(5-7-20)23-21(26)16-8-12-24(13-9-16)19-10-14-25(15-11-19)22(27)17-2-3-17/h4-7,16-17,19H,2-3,8-15H2,1H3,(H,23,26). The van der Waals surface area contributed by atoms with Crippen molar-refractivity contribution < 1.29 is 14.3 Å². The van der Waals surface area contributed by atoms with E-state index in [0.717, 1.165) is 76.1 Å². The molecular weight excluding hydrogens is 354 g/mol. The Balaban J connectivity index is 1.21. The van der Waals surface area contributed by atoms with Crippen molar-refractivity contribution in [2.75, 3.05) is 38.6 Å². The van der Waals surface area contributed by atoms with Gasteiger partial charge in [-0.05, 0) is 75.9 Å². The minimum atomic E-state index is 0.0786. The number of methoxy groups -OCH3 is 1. The lowest BCUT2D eigenvalue weighted by atomic mass is 9.92. The van der Waals surface area contributed by atoms with E-state index in [2.05, 4.69) is 15.1 Å². The number of anilines is 1. The molecule has 1 aromatic carbocycles. The van der Waals surface area contributed by atoms with Crippen LogP contribution in [0.25, 0.3) is 0 Å². The van der Waals surface area contributed by atoms with Crippen molar-refractivity contribution in [1.82, 2.24) is 9.80 Å². The van der Waals surface area contributed by atoms with Crippen molar-refractivity contribution in [3.8, 4) is 5.75 Å². The maximum atomic E-state index is 12.6. The number of piperidine rings is 2. The number of hydrogen-bond donors (Lipinski definition) is 1. The smallest absolute Gasteiger partial charge is 0.227 e. The number of nitrogens with one attached hydrogen (secondary N) is 1. The summed E-state index contributed by atoms with van der Waals surface area (Å²) in [5, 5.41) is 3.03. The Kier molecular flexibility index (Phi) is 5.85. The Bertz CT molecular complexity index is 685. The van der Waals surface area contributed by atoms with Gasteiger partial charge in [0.1, 0.15) is 5.75 Å². The van der Waals surface area contributed by atoms with E-state index in [1.807, 2.05) is 24.3 Å². The van der Waals surface area contributed by atoms with E-state index in [1.54, 1.807) is 7.11 Å². The van der Waals surface area contributed by atoms with Crippen LogP contribution in [-0.4, -0.2) is 60.9 Å². The molecule has 3 fully saturated rings. The van der Waals surface area contributed by atoms with Gasteiger partial charge in [0.05, 0.1) is 7.11 Å². The Morgan fingerprint density at radius 1 is 0.893 bits per heavy atom. The van der Waals surface area contributed by atoms with E-state index in [0.29, 0.717) is 17.9 Å². The lowest BCUT2D eigenvalue weighted by Crippen LogP contribution is -2.50. The summed E-state index contributed by atoms with van der Waals surface area (Å²) < 4.78 is 5.15. The van der Waals surface area contributed by atoms with Crippen molar-refractivity contribution in [2.45, 2.75) is 44.6 Å². The fraction of sp³-hybridized carbons (Fsp3) is 0.636. The number of carbonyl (C=O) groups is 2. The van der Waals surface area contributed by atoms with Gasteiger partial charge in [0.25, 0.3) is 0 Å². The SMILES string of the molecule is COc1ccc(NC(=O)C2CCN(C3CCN(C(=O)C4CC4)CC3)CC2)cc1. The number of ether oxygens (including phenoxy) is 1. The molecule has 2 saturated heterocycles. The molecule has 0 radical (unpaired) electrons. The van der Waals surface area contributed by atoms with Crippen LogP contribution in [-0.2, 0) is 9.59 Å². The Labute approximate surface area is 167 Å². The van der Waals surface area contributed by atoms with Crippen molar-refractivity contribution in [3.63, 3.8) is 0 Å². The predicted octanol–water partition coefficient (Wildman–Crippen LogP) is 2.75. The molecule has 1 saturated carbocycles. The van der Waals surface area contributed by atoms with Gasteiger partial charge in [-0.25, -0.2) is 0 Å². The number of benzene rings is 1. The summed E-state index contributed by atoms with van der Waals surface area (Å²) in [7, 11) is 1.64. The van der Waals surface area contributed by atoms with E-state index in [4.69, 9.17) is 4.74 Å². The molecule has 152 valence electrons. The van der Waals surface area contributed by atoms with E-state index in [1.165, 1.54) is 0 Å². The van der Waals surface area contributed by atoms with Crippen molar-refractivity contribution in [1.29, 1.82) is 0 Å². The average Bonchev–Trinajstić information content (AvgIpc) is 3.59. The van der Waals surface area contributed by atoms with Crippen LogP contribution in [0.4, 0.5) is 5.69 Å². The summed E-state index contributed by atoms with van der Waals surface area (Å²) >= 11 is 0. The molecule has 4 rings (SSSR count). The van der Waals surface area contributed by atoms with E-state index >= 15 is 0 Å². The summed E-state index contributed by atoms with van der Waals surface area (Å²) in [4.78, 5) is 29.4. The maximum absolute atomic E-state index is 12.6. The maximum Gasteiger partial charge on any atom is 0.227 e.